The lowest BCUT2D eigenvalue weighted by Crippen LogP contribution is -2.39. The zero-order chi connectivity index (χ0) is 17.9. The van der Waals surface area contributed by atoms with E-state index in [1.807, 2.05) is 49.5 Å². The Kier molecular flexibility index (Phi) is 4.61. The molecule has 134 valence electrons. The molecule has 2 heterocycles. The van der Waals surface area contributed by atoms with E-state index in [4.69, 9.17) is 4.74 Å². The molecule has 5 nitrogen and oxygen atoms in total. The molecule has 1 amide bonds. The molecule has 0 unspecified atom stereocenters. The molecule has 1 aliphatic carbocycles. The second kappa shape index (κ2) is 7.20. The molecule has 2 aromatic heterocycles. The fraction of sp³-hybridized carbons (Fsp3) is 0.333. The summed E-state index contributed by atoms with van der Waals surface area (Å²) < 4.78 is 5.96. The minimum atomic E-state index is -0.00739. The van der Waals surface area contributed by atoms with Gasteiger partial charge in [-0.25, -0.2) is 4.98 Å². The van der Waals surface area contributed by atoms with E-state index in [2.05, 4.69) is 15.3 Å². The van der Waals surface area contributed by atoms with Gasteiger partial charge in [-0.15, -0.1) is 0 Å². The van der Waals surface area contributed by atoms with Gasteiger partial charge in [0.1, 0.15) is 6.10 Å². The Hall–Kier alpha value is -2.82. The highest BCUT2D eigenvalue weighted by Gasteiger charge is 2.25. The molecule has 0 bridgehead atoms. The van der Waals surface area contributed by atoms with Crippen molar-refractivity contribution < 1.29 is 9.53 Å². The SMILES string of the molecule is Cc1ccc(OC2CCC(NC(=O)c3c[nH]c4ccccc34)CC2)nc1. The van der Waals surface area contributed by atoms with E-state index >= 15 is 0 Å². The Morgan fingerprint density at radius 1 is 1.15 bits per heavy atom. The van der Waals surface area contributed by atoms with Crippen molar-refractivity contribution in [2.75, 3.05) is 0 Å². The maximum atomic E-state index is 12.6. The van der Waals surface area contributed by atoms with Crippen LogP contribution in [0.3, 0.4) is 0 Å². The average Bonchev–Trinajstić information content (AvgIpc) is 3.09. The monoisotopic (exact) mass is 349 g/mol. The van der Waals surface area contributed by atoms with E-state index in [1.165, 1.54) is 0 Å². The van der Waals surface area contributed by atoms with Gasteiger partial charge in [-0.3, -0.25) is 4.79 Å². The van der Waals surface area contributed by atoms with Crippen LogP contribution >= 0.6 is 0 Å². The molecule has 0 radical (unpaired) electrons. The molecule has 26 heavy (non-hydrogen) atoms. The lowest BCUT2D eigenvalue weighted by atomic mass is 9.92. The number of aryl methyl sites for hydroxylation is 1. The van der Waals surface area contributed by atoms with Crippen LogP contribution in [0.5, 0.6) is 5.88 Å². The van der Waals surface area contributed by atoms with Gasteiger partial charge in [0.2, 0.25) is 5.88 Å². The number of pyridine rings is 1. The first-order valence-electron chi connectivity index (χ1n) is 9.15. The molecule has 1 aliphatic rings. The number of nitrogens with zero attached hydrogens (tertiary/aromatic N) is 1. The molecule has 0 aliphatic heterocycles. The van der Waals surface area contributed by atoms with Gasteiger partial charge in [0, 0.05) is 35.4 Å². The Bertz CT molecular complexity index is 893. The van der Waals surface area contributed by atoms with Crippen molar-refractivity contribution in [1.29, 1.82) is 0 Å². The van der Waals surface area contributed by atoms with Gasteiger partial charge >= 0.3 is 0 Å². The summed E-state index contributed by atoms with van der Waals surface area (Å²) in [5, 5.41) is 4.14. The predicted octanol–water partition coefficient (Wildman–Crippen LogP) is 3.99. The second-order valence-corrected chi connectivity index (χ2v) is 6.99. The molecule has 1 saturated carbocycles. The standard InChI is InChI=1S/C21H23N3O2/c1-14-6-11-20(23-12-14)26-16-9-7-15(8-10-16)24-21(25)18-13-22-19-5-3-2-4-17(18)19/h2-6,11-13,15-16,22H,7-10H2,1H3,(H,24,25). The van der Waals surface area contributed by atoms with Crippen LogP contribution in [0.2, 0.25) is 0 Å². The first-order chi connectivity index (χ1) is 12.7. The number of nitrogens with one attached hydrogen (secondary N) is 2. The number of carbonyl (C=O) groups excluding carboxylic acids is 1. The number of amides is 1. The number of H-pyrrole nitrogens is 1. The maximum Gasteiger partial charge on any atom is 0.253 e. The number of ether oxygens (including phenoxy) is 1. The quantitative estimate of drug-likeness (QED) is 0.748. The Balaban J connectivity index is 1.32. The van der Waals surface area contributed by atoms with Crippen LogP contribution in [0.4, 0.5) is 0 Å². The van der Waals surface area contributed by atoms with E-state index in [-0.39, 0.29) is 18.1 Å². The van der Waals surface area contributed by atoms with Gasteiger partial charge in [0.25, 0.3) is 5.91 Å². The zero-order valence-corrected chi connectivity index (χ0v) is 14.9. The third-order valence-corrected chi connectivity index (χ3v) is 5.01. The van der Waals surface area contributed by atoms with Crippen molar-refractivity contribution >= 4 is 16.8 Å². The van der Waals surface area contributed by atoms with Gasteiger partial charge in [-0.05, 0) is 44.2 Å². The number of rotatable bonds is 4. The highest BCUT2D eigenvalue weighted by molar-refractivity contribution is 6.06. The summed E-state index contributed by atoms with van der Waals surface area (Å²) >= 11 is 0. The van der Waals surface area contributed by atoms with Gasteiger partial charge in [-0.1, -0.05) is 24.3 Å². The lowest BCUT2D eigenvalue weighted by molar-refractivity contribution is 0.0892. The van der Waals surface area contributed by atoms with Crippen LogP contribution < -0.4 is 10.1 Å². The first-order valence-corrected chi connectivity index (χ1v) is 9.15. The number of para-hydroxylation sites is 1. The summed E-state index contributed by atoms with van der Waals surface area (Å²) in [6, 6.07) is 12.0. The molecular formula is C21H23N3O2. The maximum absolute atomic E-state index is 12.6. The largest absolute Gasteiger partial charge is 0.474 e. The van der Waals surface area contributed by atoms with Crippen molar-refractivity contribution in [3.05, 3.63) is 59.9 Å². The number of hydrogen-bond donors (Lipinski definition) is 2. The number of carbonyl (C=O) groups is 1. The highest BCUT2D eigenvalue weighted by Crippen LogP contribution is 2.24. The van der Waals surface area contributed by atoms with Crippen molar-refractivity contribution in [3.8, 4) is 5.88 Å². The van der Waals surface area contributed by atoms with E-state index < -0.39 is 0 Å². The van der Waals surface area contributed by atoms with Crippen LogP contribution in [0, 0.1) is 6.92 Å². The molecule has 0 saturated heterocycles. The first kappa shape index (κ1) is 16.6. The summed E-state index contributed by atoms with van der Waals surface area (Å²) in [7, 11) is 0. The predicted molar refractivity (Wildman–Crippen MR) is 101 cm³/mol. The molecule has 2 N–H and O–H groups in total. The number of fused-ring (bicyclic) bond motifs is 1. The van der Waals surface area contributed by atoms with Crippen LogP contribution in [0.15, 0.2) is 48.8 Å². The van der Waals surface area contributed by atoms with Crippen molar-refractivity contribution in [1.82, 2.24) is 15.3 Å². The topological polar surface area (TPSA) is 67.0 Å². The second-order valence-electron chi connectivity index (χ2n) is 6.99. The van der Waals surface area contributed by atoms with E-state index in [9.17, 15) is 4.79 Å². The van der Waals surface area contributed by atoms with Gasteiger partial charge < -0.3 is 15.0 Å². The van der Waals surface area contributed by atoms with Gasteiger partial charge in [-0.2, -0.15) is 0 Å². The minimum absolute atomic E-state index is 0.00739. The smallest absolute Gasteiger partial charge is 0.253 e. The number of hydrogen-bond acceptors (Lipinski definition) is 3. The third-order valence-electron chi connectivity index (χ3n) is 5.01. The normalized spacial score (nSPS) is 20.0. The molecule has 1 fully saturated rings. The van der Waals surface area contributed by atoms with Crippen LogP contribution in [-0.4, -0.2) is 28.0 Å². The number of aromatic amines is 1. The Morgan fingerprint density at radius 2 is 1.96 bits per heavy atom. The molecule has 5 heteroatoms. The lowest BCUT2D eigenvalue weighted by Gasteiger charge is -2.29. The molecule has 1 aromatic carbocycles. The molecule has 3 aromatic rings. The van der Waals surface area contributed by atoms with E-state index in [0.29, 0.717) is 11.4 Å². The highest BCUT2D eigenvalue weighted by atomic mass is 16.5. The molecular weight excluding hydrogens is 326 g/mol. The van der Waals surface area contributed by atoms with Crippen LogP contribution in [0.25, 0.3) is 10.9 Å². The fourth-order valence-electron chi connectivity index (χ4n) is 3.54. The molecule has 0 atom stereocenters. The van der Waals surface area contributed by atoms with Crippen molar-refractivity contribution in [2.45, 2.75) is 44.8 Å². The summed E-state index contributed by atoms with van der Waals surface area (Å²) in [6.45, 7) is 2.01. The molecule has 0 spiro atoms. The average molecular weight is 349 g/mol. The van der Waals surface area contributed by atoms with Gasteiger partial charge in [0.05, 0.1) is 5.56 Å². The van der Waals surface area contributed by atoms with E-state index in [0.717, 1.165) is 42.1 Å². The summed E-state index contributed by atoms with van der Waals surface area (Å²) in [5.74, 6) is 0.675. The Morgan fingerprint density at radius 3 is 2.73 bits per heavy atom. The Labute approximate surface area is 152 Å². The summed E-state index contributed by atoms with van der Waals surface area (Å²) in [4.78, 5) is 20.1. The minimum Gasteiger partial charge on any atom is -0.474 e. The zero-order valence-electron chi connectivity index (χ0n) is 14.9. The van der Waals surface area contributed by atoms with Crippen molar-refractivity contribution in [2.24, 2.45) is 0 Å². The summed E-state index contributed by atoms with van der Waals surface area (Å²) in [6.07, 6.45) is 7.48. The van der Waals surface area contributed by atoms with Crippen LogP contribution in [0.1, 0.15) is 41.6 Å². The third kappa shape index (κ3) is 3.57. The number of benzene rings is 1. The molecule has 4 rings (SSSR count). The van der Waals surface area contributed by atoms with Gasteiger partial charge in [0.15, 0.2) is 0 Å². The summed E-state index contributed by atoms with van der Waals surface area (Å²) in [5.41, 5.74) is 2.82. The van der Waals surface area contributed by atoms with E-state index in [1.54, 1.807) is 6.20 Å². The number of aromatic nitrogens is 2. The van der Waals surface area contributed by atoms with Crippen LogP contribution in [-0.2, 0) is 0 Å². The fourth-order valence-corrected chi connectivity index (χ4v) is 3.54. The van der Waals surface area contributed by atoms with Crippen molar-refractivity contribution in [3.63, 3.8) is 0 Å².